The van der Waals surface area contributed by atoms with Crippen molar-refractivity contribution in [3.63, 3.8) is 0 Å². The molecule has 6 heteroatoms. The van der Waals surface area contributed by atoms with Gasteiger partial charge in [-0.3, -0.25) is 4.57 Å². The summed E-state index contributed by atoms with van der Waals surface area (Å²) in [6, 6.07) is 4.56. The fourth-order valence-electron chi connectivity index (χ4n) is 1.14. The van der Waals surface area contributed by atoms with E-state index in [1.807, 2.05) is 0 Å². The van der Waals surface area contributed by atoms with E-state index in [-0.39, 0.29) is 6.03 Å². The molecule has 1 aromatic heterocycles. The summed E-state index contributed by atoms with van der Waals surface area (Å²) in [7, 11) is 0. The highest BCUT2D eigenvalue weighted by Gasteiger charge is 2.05. The topological polar surface area (TPSA) is 46.9 Å². The molecule has 0 fully saturated rings. The molecule has 0 unspecified atom stereocenters. The fraction of sp³-hybridized carbons (Fsp3) is 0. The van der Waals surface area contributed by atoms with Gasteiger partial charge in [0.1, 0.15) is 6.33 Å². The Balaban J connectivity index is 2.15. The Labute approximate surface area is 102 Å². The molecule has 0 aliphatic heterocycles. The summed E-state index contributed by atoms with van der Waals surface area (Å²) in [6.07, 6.45) is 4.48. The lowest BCUT2D eigenvalue weighted by Crippen LogP contribution is -2.17. The lowest BCUT2D eigenvalue weighted by Gasteiger charge is -2.05. The van der Waals surface area contributed by atoms with Crippen molar-refractivity contribution in [1.82, 2.24) is 9.55 Å². The van der Waals surface area contributed by atoms with Crippen LogP contribution in [0.4, 0.5) is 10.5 Å². The predicted molar refractivity (Wildman–Crippen MR) is 63.1 cm³/mol. The largest absolute Gasteiger partial charge is 0.331 e. The number of carbonyl (C=O) groups is 1. The number of halogens is 2. The first-order chi connectivity index (χ1) is 7.66. The van der Waals surface area contributed by atoms with Crippen LogP contribution in [0.2, 0.25) is 10.0 Å². The van der Waals surface area contributed by atoms with Crippen LogP contribution < -0.4 is 5.32 Å². The van der Waals surface area contributed by atoms with Gasteiger partial charge in [0.25, 0.3) is 0 Å². The monoisotopic (exact) mass is 255 g/mol. The van der Waals surface area contributed by atoms with Gasteiger partial charge in [-0.15, -0.1) is 0 Å². The van der Waals surface area contributed by atoms with Crippen molar-refractivity contribution in [3.05, 3.63) is 47.0 Å². The molecule has 0 atom stereocenters. The Bertz CT molecular complexity index is 511. The lowest BCUT2D eigenvalue weighted by atomic mass is 10.3. The number of hydrogen-bond donors (Lipinski definition) is 1. The maximum absolute atomic E-state index is 11.6. The number of nitrogens with one attached hydrogen (secondary N) is 1. The second-order valence-corrected chi connectivity index (χ2v) is 3.84. The van der Waals surface area contributed by atoms with Crippen molar-refractivity contribution in [2.24, 2.45) is 0 Å². The SMILES string of the molecule is O=C(Nc1ccc(Cl)c(Cl)c1)n1ccnc1. The number of carbonyl (C=O) groups excluding carboxylic acids is 1. The Hall–Kier alpha value is -1.52. The molecule has 1 amide bonds. The van der Waals surface area contributed by atoms with Gasteiger partial charge >= 0.3 is 6.03 Å². The van der Waals surface area contributed by atoms with Gasteiger partial charge in [0.15, 0.2) is 0 Å². The van der Waals surface area contributed by atoms with Crippen molar-refractivity contribution in [2.75, 3.05) is 5.32 Å². The minimum absolute atomic E-state index is 0.309. The van der Waals surface area contributed by atoms with Crippen molar-refractivity contribution < 1.29 is 4.79 Å². The van der Waals surface area contributed by atoms with Crippen molar-refractivity contribution >= 4 is 34.9 Å². The molecule has 0 spiro atoms. The van der Waals surface area contributed by atoms with E-state index in [0.717, 1.165) is 0 Å². The van der Waals surface area contributed by atoms with Crippen LogP contribution in [-0.4, -0.2) is 15.6 Å². The van der Waals surface area contributed by atoms with E-state index in [4.69, 9.17) is 23.2 Å². The molecule has 2 rings (SSSR count). The van der Waals surface area contributed by atoms with Crippen molar-refractivity contribution in [2.45, 2.75) is 0 Å². The summed E-state index contributed by atoms with van der Waals surface area (Å²) >= 11 is 11.6. The number of nitrogens with zero attached hydrogens (tertiary/aromatic N) is 2. The molecule has 0 saturated heterocycles. The van der Waals surface area contributed by atoms with Crippen LogP contribution in [0.5, 0.6) is 0 Å². The van der Waals surface area contributed by atoms with Crippen LogP contribution in [-0.2, 0) is 0 Å². The zero-order valence-electron chi connectivity index (χ0n) is 8.02. The minimum Gasteiger partial charge on any atom is -0.307 e. The number of rotatable bonds is 1. The maximum Gasteiger partial charge on any atom is 0.331 e. The average molecular weight is 256 g/mol. The number of imidazole rings is 1. The van der Waals surface area contributed by atoms with Crippen LogP contribution in [0.3, 0.4) is 0 Å². The van der Waals surface area contributed by atoms with Crippen LogP contribution >= 0.6 is 23.2 Å². The third-order valence-corrected chi connectivity index (χ3v) is 2.65. The summed E-state index contributed by atoms with van der Waals surface area (Å²) in [5.74, 6) is 0. The maximum atomic E-state index is 11.6. The van der Waals surface area contributed by atoms with Crippen molar-refractivity contribution in [3.8, 4) is 0 Å². The number of benzene rings is 1. The number of amides is 1. The zero-order valence-corrected chi connectivity index (χ0v) is 9.53. The van der Waals surface area contributed by atoms with E-state index < -0.39 is 0 Å². The van der Waals surface area contributed by atoms with Gasteiger partial charge in [-0.1, -0.05) is 23.2 Å². The Kier molecular flexibility index (Phi) is 3.12. The quantitative estimate of drug-likeness (QED) is 0.851. The van der Waals surface area contributed by atoms with Crippen LogP contribution in [0.1, 0.15) is 0 Å². The predicted octanol–water partition coefficient (Wildman–Crippen LogP) is 3.27. The van der Waals surface area contributed by atoms with Gasteiger partial charge in [0.05, 0.1) is 10.0 Å². The summed E-state index contributed by atoms with van der Waals surface area (Å²) in [5.41, 5.74) is 0.577. The number of hydrogen-bond acceptors (Lipinski definition) is 2. The Morgan fingerprint density at radius 1 is 1.31 bits per heavy atom. The molecule has 1 N–H and O–H groups in total. The molecule has 4 nitrogen and oxygen atoms in total. The molecular formula is C10H7Cl2N3O. The van der Waals surface area contributed by atoms with Gasteiger partial charge in [-0.05, 0) is 18.2 Å². The molecule has 0 aliphatic carbocycles. The van der Waals surface area contributed by atoms with E-state index >= 15 is 0 Å². The normalized spacial score (nSPS) is 10.1. The average Bonchev–Trinajstić information content (AvgIpc) is 2.77. The van der Waals surface area contributed by atoms with Crippen LogP contribution in [0.25, 0.3) is 0 Å². The smallest absolute Gasteiger partial charge is 0.307 e. The van der Waals surface area contributed by atoms with E-state index in [2.05, 4.69) is 10.3 Å². The van der Waals surface area contributed by atoms with Gasteiger partial charge in [-0.25, -0.2) is 9.78 Å². The molecule has 0 saturated carbocycles. The standard InChI is InChI=1S/C10H7Cl2N3O/c11-8-2-1-7(5-9(8)12)14-10(16)15-4-3-13-6-15/h1-6H,(H,14,16). The molecule has 1 aromatic carbocycles. The van der Waals surface area contributed by atoms with E-state index in [9.17, 15) is 4.79 Å². The molecule has 0 aliphatic rings. The van der Waals surface area contributed by atoms with Gasteiger partial charge in [0, 0.05) is 18.1 Å². The highest BCUT2D eigenvalue weighted by Crippen LogP contribution is 2.24. The number of anilines is 1. The zero-order chi connectivity index (χ0) is 11.5. The molecule has 0 radical (unpaired) electrons. The second kappa shape index (κ2) is 4.55. The highest BCUT2D eigenvalue weighted by molar-refractivity contribution is 6.42. The van der Waals surface area contributed by atoms with Gasteiger partial charge < -0.3 is 5.32 Å². The van der Waals surface area contributed by atoms with E-state index in [1.54, 1.807) is 24.4 Å². The van der Waals surface area contributed by atoms with Crippen LogP contribution in [0, 0.1) is 0 Å². The fourth-order valence-corrected chi connectivity index (χ4v) is 1.44. The first-order valence-electron chi connectivity index (χ1n) is 4.41. The molecule has 1 heterocycles. The molecule has 82 valence electrons. The van der Waals surface area contributed by atoms with Gasteiger partial charge in [-0.2, -0.15) is 0 Å². The summed E-state index contributed by atoms with van der Waals surface area (Å²) in [5, 5.41) is 3.49. The first-order valence-corrected chi connectivity index (χ1v) is 5.17. The third kappa shape index (κ3) is 2.35. The van der Waals surface area contributed by atoms with E-state index in [0.29, 0.717) is 15.7 Å². The summed E-state index contributed by atoms with van der Waals surface area (Å²) in [6.45, 7) is 0. The minimum atomic E-state index is -0.309. The molecule has 0 bridgehead atoms. The van der Waals surface area contributed by atoms with Crippen LogP contribution in [0.15, 0.2) is 36.9 Å². The second-order valence-electron chi connectivity index (χ2n) is 3.03. The Morgan fingerprint density at radius 2 is 2.12 bits per heavy atom. The first kappa shape index (κ1) is 11.0. The molecular weight excluding hydrogens is 249 g/mol. The summed E-state index contributed by atoms with van der Waals surface area (Å²) in [4.78, 5) is 15.4. The highest BCUT2D eigenvalue weighted by atomic mass is 35.5. The third-order valence-electron chi connectivity index (χ3n) is 1.91. The number of aromatic nitrogens is 2. The van der Waals surface area contributed by atoms with Crippen molar-refractivity contribution in [1.29, 1.82) is 0 Å². The molecule has 16 heavy (non-hydrogen) atoms. The lowest BCUT2D eigenvalue weighted by molar-refractivity contribution is 0.253. The Morgan fingerprint density at radius 3 is 2.75 bits per heavy atom. The van der Waals surface area contributed by atoms with Gasteiger partial charge in [0.2, 0.25) is 0 Å². The van der Waals surface area contributed by atoms with E-state index in [1.165, 1.54) is 17.1 Å². The molecule has 2 aromatic rings. The summed E-state index contributed by atoms with van der Waals surface area (Å²) < 4.78 is 1.32.